The molecular formula is C12H10FNO2. The first-order valence-corrected chi connectivity index (χ1v) is 4.65. The highest BCUT2D eigenvalue weighted by Gasteiger charge is 2.05. The molecule has 0 saturated heterocycles. The van der Waals surface area contributed by atoms with E-state index in [2.05, 4.69) is 0 Å². The highest BCUT2D eigenvalue weighted by molar-refractivity contribution is 5.70. The SMILES string of the molecule is Nc1cc(-c2ccc(O)c(F)c2)ccc1O. The highest BCUT2D eigenvalue weighted by Crippen LogP contribution is 2.29. The van der Waals surface area contributed by atoms with Crippen LogP contribution in [0, 0.1) is 5.82 Å². The summed E-state index contributed by atoms with van der Waals surface area (Å²) in [4.78, 5) is 0. The fourth-order valence-corrected chi connectivity index (χ4v) is 1.42. The van der Waals surface area contributed by atoms with Crippen molar-refractivity contribution in [2.75, 3.05) is 5.73 Å². The molecule has 0 fully saturated rings. The summed E-state index contributed by atoms with van der Waals surface area (Å²) in [5.41, 5.74) is 7.02. The first kappa shape index (κ1) is 10.3. The number of phenolic OH excluding ortho intramolecular Hbond substituents is 2. The van der Waals surface area contributed by atoms with Gasteiger partial charge in [-0.1, -0.05) is 12.1 Å². The second-order valence-electron chi connectivity index (χ2n) is 3.44. The van der Waals surface area contributed by atoms with Gasteiger partial charge < -0.3 is 15.9 Å². The average molecular weight is 219 g/mol. The third kappa shape index (κ3) is 1.77. The molecule has 4 heteroatoms. The summed E-state index contributed by atoms with van der Waals surface area (Å²) in [6, 6.07) is 8.66. The lowest BCUT2D eigenvalue weighted by atomic mass is 10.0. The number of nitrogens with two attached hydrogens (primary N) is 1. The van der Waals surface area contributed by atoms with Gasteiger partial charge in [0.05, 0.1) is 5.69 Å². The summed E-state index contributed by atoms with van der Waals surface area (Å²) in [6.07, 6.45) is 0. The highest BCUT2D eigenvalue weighted by atomic mass is 19.1. The van der Waals surface area contributed by atoms with E-state index >= 15 is 0 Å². The Morgan fingerprint density at radius 1 is 0.875 bits per heavy atom. The zero-order valence-electron chi connectivity index (χ0n) is 8.31. The molecule has 0 aliphatic rings. The lowest BCUT2D eigenvalue weighted by Crippen LogP contribution is -1.87. The molecule has 4 N–H and O–H groups in total. The van der Waals surface area contributed by atoms with Crippen LogP contribution in [0.2, 0.25) is 0 Å². The Kier molecular flexibility index (Phi) is 2.40. The maximum atomic E-state index is 13.1. The van der Waals surface area contributed by atoms with Gasteiger partial charge in [-0.3, -0.25) is 0 Å². The zero-order chi connectivity index (χ0) is 11.7. The van der Waals surface area contributed by atoms with Crippen LogP contribution in [-0.2, 0) is 0 Å². The van der Waals surface area contributed by atoms with E-state index in [1.807, 2.05) is 0 Å². The molecule has 0 aliphatic heterocycles. The van der Waals surface area contributed by atoms with Crippen molar-refractivity contribution in [2.24, 2.45) is 0 Å². The Bertz CT molecular complexity index is 491. The van der Waals surface area contributed by atoms with Crippen molar-refractivity contribution in [3.63, 3.8) is 0 Å². The molecule has 0 aromatic heterocycles. The Balaban J connectivity index is 2.50. The van der Waals surface area contributed by atoms with Crippen LogP contribution in [-0.4, -0.2) is 10.2 Å². The van der Waals surface area contributed by atoms with Crippen molar-refractivity contribution in [3.8, 4) is 22.6 Å². The first-order chi connectivity index (χ1) is 7.58. The average Bonchev–Trinajstić information content (AvgIpc) is 2.26. The number of halogens is 1. The summed E-state index contributed by atoms with van der Waals surface area (Å²) in [6.45, 7) is 0. The molecule has 0 radical (unpaired) electrons. The Labute approximate surface area is 91.6 Å². The van der Waals surface area contributed by atoms with E-state index in [4.69, 9.17) is 10.8 Å². The van der Waals surface area contributed by atoms with Crippen molar-refractivity contribution in [1.82, 2.24) is 0 Å². The van der Waals surface area contributed by atoms with Gasteiger partial charge >= 0.3 is 0 Å². The molecule has 0 unspecified atom stereocenters. The van der Waals surface area contributed by atoms with Gasteiger partial charge in [-0.2, -0.15) is 0 Å². The van der Waals surface area contributed by atoms with Crippen molar-refractivity contribution < 1.29 is 14.6 Å². The van der Waals surface area contributed by atoms with Crippen LogP contribution in [0.4, 0.5) is 10.1 Å². The van der Waals surface area contributed by atoms with Crippen LogP contribution in [0.3, 0.4) is 0 Å². The quantitative estimate of drug-likeness (QED) is 0.510. The molecule has 2 rings (SSSR count). The third-order valence-corrected chi connectivity index (χ3v) is 2.31. The van der Waals surface area contributed by atoms with Gasteiger partial charge in [0.1, 0.15) is 5.75 Å². The Morgan fingerprint density at radius 3 is 2.00 bits per heavy atom. The van der Waals surface area contributed by atoms with Crippen molar-refractivity contribution in [3.05, 3.63) is 42.2 Å². The molecular weight excluding hydrogens is 209 g/mol. The number of rotatable bonds is 1. The van der Waals surface area contributed by atoms with Crippen molar-refractivity contribution in [1.29, 1.82) is 0 Å². The van der Waals surface area contributed by atoms with Gasteiger partial charge in [-0.25, -0.2) is 4.39 Å². The predicted octanol–water partition coefficient (Wildman–Crippen LogP) is 2.49. The second-order valence-corrected chi connectivity index (χ2v) is 3.44. The van der Waals surface area contributed by atoms with Crippen LogP contribution >= 0.6 is 0 Å². The fourth-order valence-electron chi connectivity index (χ4n) is 1.42. The monoisotopic (exact) mass is 219 g/mol. The van der Waals surface area contributed by atoms with E-state index in [0.717, 1.165) is 0 Å². The number of anilines is 1. The zero-order valence-corrected chi connectivity index (χ0v) is 8.31. The molecule has 0 atom stereocenters. The number of hydrogen-bond donors (Lipinski definition) is 3. The minimum Gasteiger partial charge on any atom is -0.506 e. The van der Waals surface area contributed by atoms with Crippen LogP contribution < -0.4 is 5.73 Å². The minimum atomic E-state index is -0.691. The molecule has 2 aromatic rings. The normalized spacial score (nSPS) is 10.3. The molecule has 0 heterocycles. The lowest BCUT2D eigenvalue weighted by Gasteiger charge is -2.05. The molecule has 82 valence electrons. The van der Waals surface area contributed by atoms with E-state index < -0.39 is 11.6 Å². The fraction of sp³-hybridized carbons (Fsp3) is 0. The molecule has 0 aliphatic carbocycles. The van der Waals surface area contributed by atoms with Gasteiger partial charge in [0.2, 0.25) is 0 Å². The first-order valence-electron chi connectivity index (χ1n) is 4.65. The Morgan fingerprint density at radius 2 is 1.44 bits per heavy atom. The van der Waals surface area contributed by atoms with E-state index in [-0.39, 0.29) is 11.4 Å². The van der Waals surface area contributed by atoms with E-state index in [1.54, 1.807) is 18.2 Å². The maximum Gasteiger partial charge on any atom is 0.165 e. The third-order valence-electron chi connectivity index (χ3n) is 2.31. The lowest BCUT2D eigenvalue weighted by molar-refractivity contribution is 0.432. The van der Waals surface area contributed by atoms with Crippen LogP contribution in [0.1, 0.15) is 0 Å². The molecule has 16 heavy (non-hydrogen) atoms. The molecule has 0 saturated carbocycles. The minimum absolute atomic E-state index is 0.0111. The van der Waals surface area contributed by atoms with Gasteiger partial charge in [0.25, 0.3) is 0 Å². The number of benzene rings is 2. The molecule has 0 amide bonds. The van der Waals surface area contributed by atoms with Gasteiger partial charge in [-0.15, -0.1) is 0 Å². The summed E-state index contributed by atoms with van der Waals surface area (Å²) >= 11 is 0. The van der Waals surface area contributed by atoms with Crippen LogP contribution in [0.15, 0.2) is 36.4 Å². The Hall–Kier alpha value is -2.23. The van der Waals surface area contributed by atoms with Gasteiger partial charge in [0.15, 0.2) is 11.6 Å². The summed E-state index contributed by atoms with van der Waals surface area (Å²) in [5, 5.41) is 18.3. The molecule has 0 bridgehead atoms. The number of aromatic hydroxyl groups is 2. The van der Waals surface area contributed by atoms with Crippen LogP contribution in [0.25, 0.3) is 11.1 Å². The second kappa shape index (κ2) is 3.73. The van der Waals surface area contributed by atoms with Crippen molar-refractivity contribution >= 4 is 5.69 Å². The smallest absolute Gasteiger partial charge is 0.165 e. The summed E-state index contributed by atoms with van der Waals surface area (Å²) in [7, 11) is 0. The summed E-state index contributed by atoms with van der Waals surface area (Å²) < 4.78 is 13.1. The molecule has 2 aromatic carbocycles. The maximum absolute atomic E-state index is 13.1. The van der Waals surface area contributed by atoms with E-state index in [0.29, 0.717) is 11.1 Å². The number of phenols is 2. The van der Waals surface area contributed by atoms with Gasteiger partial charge in [-0.05, 0) is 35.4 Å². The van der Waals surface area contributed by atoms with E-state index in [1.165, 1.54) is 18.2 Å². The standard InChI is InChI=1S/C12H10FNO2/c13-9-5-7(1-3-11(9)15)8-2-4-12(16)10(14)6-8/h1-6,15-16H,14H2. The van der Waals surface area contributed by atoms with Gasteiger partial charge in [0, 0.05) is 0 Å². The predicted molar refractivity (Wildman–Crippen MR) is 59.6 cm³/mol. The summed E-state index contributed by atoms with van der Waals surface area (Å²) in [5.74, 6) is -1.09. The molecule has 0 spiro atoms. The van der Waals surface area contributed by atoms with E-state index in [9.17, 15) is 9.50 Å². The van der Waals surface area contributed by atoms with Crippen molar-refractivity contribution in [2.45, 2.75) is 0 Å². The molecule has 3 nitrogen and oxygen atoms in total. The largest absolute Gasteiger partial charge is 0.506 e. The van der Waals surface area contributed by atoms with Crippen LogP contribution in [0.5, 0.6) is 11.5 Å². The number of nitrogen functional groups attached to an aromatic ring is 1. The number of hydrogen-bond acceptors (Lipinski definition) is 3. The topological polar surface area (TPSA) is 66.5 Å².